The van der Waals surface area contributed by atoms with E-state index in [2.05, 4.69) is 10.5 Å². The molecule has 0 aliphatic carbocycles. The van der Waals surface area contributed by atoms with Gasteiger partial charge in [0.15, 0.2) is 0 Å². The second-order valence-corrected chi connectivity index (χ2v) is 6.08. The SMILES string of the molecule is COc1ccccc1C=NNC(=O)CSCc1ccc(Cl)cc1. The van der Waals surface area contributed by atoms with Crippen molar-refractivity contribution in [2.75, 3.05) is 12.9 Å². The van der Waals surface area contributed by atoms with Gasteiger partial charge in [-0.2, -0.15) is 5.10 Å². The van der Waals surface area contributed by atoms with Gasteiger partial charge in [-0.15, -0.1) is 11.8 Å². The Morgan fingerprint density at radius 1 is 1.26 bits per heavy atom. The van der Waals surface area contributed by atoms with Crippen LogP contribution in [0.15, 0.2) is 53.6 Å². The zero-order valence-electron chi connectivity index (χ0n) is 12.7. The van der Waals surface area contributed by atoms with E-state index in [1.165, 1.54) is 11.8 Å². The third-order valence-corrected chi connectivity index (χ3v) is 4.20. The zero-order chi connectivity index (χ0) is 16.5. The fourth-order valence-corrected chi connectivity index (χ4v) is 2.73. The lowest BCUT2D eigenvalue weighted by molar-refractivity contribution is -0.118. The highest BCUT2D eigenvalue weighted by Gasteiger charge is 2.02. The highest BCUT2D eigenvalue weighted by Crippen LogP contribution is 2.16. The van der Waals surface area contributed by atoms with E-state index in [4.69, 9.17) is 16.3 Å². The number of carbonyl (C=O) groups is 1. The maximum absolute atomic E-state index is 11.7. The van der Waals surface area contributed by atoms with E-state index in [-0.39, 0.29) is 5.91 Å². The molecule has 6 heteroatoms. The molecule has 0 aliphatic heterocycles. The van der Waals surface area contributed by atoms with E-state index in [9.17, 15) is 4.79 Å². The lowest BCUT2D eigenvalue weighted by Crippen LogP contribution is -2.19. The Bertz CT molecular complexity index is 675. The smallest absolute Gasteiger partial charge is 0.250 e. The van der Waals surface area contributed by atoms with Crippen LogP contribution in [-0.2, 0) is 10.5 Å². The van der Waals surface area contributed by atoms with Crippen molar-refractivity contribution >= 4 is 35.5 Å². The van der Waals surface area contributed by atoms with Gasteiger partial charge in [-0.3, -0.25) is 4.79 Å². The normalized spacial score (nSPS) is 10.7. The number of thioether (sulfide) groups is 1. The summed E-state index contributed by atoms with van der Waals surface area (Å²) in [6, 6.07) is 15.1. The molecule has 0 bridgehead atoms. The van der Waals surface area contributed by atoms with Crippen molar-refractivity contribution in [3.05, 3.63) is 64.7 Å². The molecule has 1 N–H and O–H groups in total. The van der Waals surface area contributed by atoms with Gasteiger partial charge in [0.2, 0.25) is 5.91 Å². The summed E-state index contributed by atoms with van der Waals surface area (Å²) in [5.41, 5.74) is 4.45. The summed E-state index contributed by atoms with van der Waals surface area (Å²) in [5, 5.41) is 4.66. The fraction of sp³-hybridized carbons (Fsp3) is 0.176. The number of nitrogens with zero attached hydrogens (tertiary/aromatic N) is 1. The number of nitrogens with one attached hydrogen (secondary N) is 1. The molecule has 1 amide bonds. The Balaban J connectivity index is 1.74. The zero-order valence-corrected chi connectivity index (χ0v) is 14.2. The Hall–Kier alpha value is -1.98. The number of ether oxygens (including phenoxy) is 1. The van der Waals surface area contributed by atoms with Gasteiger partial charge in [0.1, 0.15) is 5.75 Å². The molecule has 0 radical (unpaired) electrons. The van der Waals surface area contributed by atoms with Crippen LogP contribution in [0.1, 0.15) is 11.1 Å². The first-order valence-electron chi connectivity index (χ1n) is 6.96. The summed E-state index contributed by atoms with van der Waals surface area (Å²) >= 11 is 7.35. The first-order chi connectivity index (χ1) is 11.2. The number of benzene rings is 2. The number of hydrazone groups is 1. The Morgan fingerprint density at radius 2 is 2.00 bits per heavy atom. The number of hydrogen-bond acceptors (Lipinski definition) is 4. The molecule has 2 rings (SSSR count). The predicted molar refractivity (Wildman–Crippen MR) is 96.3 cm³/mol. The monoisotopic (exact) mass is 348 g/mol. The van der Waals surface area contributed by atoms with Crippen LogP contribution in [0.3, 0.4) is 0 Å². The third kappa shape index (κ3) is 5.96. The summed E-state index contributed by atoms with van der Waals surface area (Å²) in [4.78, 5) is 11.7. The van der Waals surface area contributed by atoms with E-state index < -0.39 is 0 Å². The summed E-state index contributed by atoms with van der Waals surface area (Å²) in [6.45, 7) is 0. The van der Waals surface area contributed by atoms with Crippen LogP contribution in [0.2, 0.25) is 5.02 Å². The van der Waals surface area contributed by atoms with Crippen molar-refractivity contribution in [2.24, 2.45) is 5.10 Å². The second-order valence-electron chi connectivity index (χ2n) is 4.65. The summed E-state index contributed by atoms with van der Waals surface area (Å²) in [7, 11) is 1.60. The summed E-state index contributed by atoms with van der Waals surface area (Å²) in [5.74, 6) is 1.66. The molecule has 23 heavy (non-hydrogen) atoms. The highest BCUT2D eigenvalue weighted by atomic mass is 35.5. The van der Waals surface area contributed by atoms with E-state index in [0.717, 1.165) is 16.9 Å². The van der Waals surface area contributed by atoms with Crippen LogP contribution in [0.4, 0.5) is 0 Å². The number of amides is 1. The molecule has 0 unspecified atom stereocenters. The van der Waals surface area contributed by atoms with Crippen LogP contribution < -0.4 is 10.2 Å². The van der Waals surface area contributed by atoms with Gasteiger partial charge in [-0.05, 0) is 29.8 Å². The molecule has 2 aromatic carbocycles. The Kier molecular flexibility index (Phi) is 6.97. The minimum absolute atomic E-state index is 0.143. The minimum Gasteiger partial charge on any atom is -0.496 e. The van der Waals surface area contributed by atoms with Crippen molar-refractivity contribution in [1.29, 1.82) is 0 Å². The van der Waals surface area contributed by atoms with Crippen LogP contribution in [0.5, 0.6) is 5.75 Å². The van der Waals surface area contributed by atoms with E-state index in [0.29, 0.717) is 16.5 Å². The highest BCUT2D eigenvalue weighted by molar-refractivity contribution is 7.99. The fourth-order valence-electron chi connectivity index (χ4n) is 1.82. The van der Waals surface area contributed by atoms with Crippen molar-refractivity contribution in [3.8, 4) is 5.75 Å². The van der Waals surface area contributed by atoms with Crippen molar-refractivity contribution in [2.45, 2.75) is 5.75 Å². The van der Waals surface area contributed by atoms with Gasteiger partial charge in [0.05, 0.1) is 19.1 Å². The minimum atomic E-state index is -0.143. The lowest BCUT2D eigenvalue weighted by Gasteiger charge is -2.03. The molecule has 2 aromatic rings. The van der Waals surface area contributed by atoms with Gasteiger partial charge >= 0.3 is 0 Å². The topological polar surface area (TPSA) is 50.7 Å². The first-order valence-corrected chi connectivity index (χ1v) is 8.49. The number of para-hydroxylation sites is 1. The maximum atomic E-state index is 11.7. The number of methoxy groups -OCH3 is 1. The molecule has 4 nitrogen and oxygen atoms in total. The quantitative estimate of drug-likeness (QED) is 0.612. The van der Waals surface area contributed by atoms with Gasteiger partial charge in [-0.1, -0.05) is 35.9 Å². The molecule has 0 saturated heterocycles. The average Bonchev–Trinajstić information content (AvgIpc) is 2.57. The lowest BCUT2D eigenvalue weighted by atomic mass is 10.2. The van der Waals surface area contributed by atoms with Gasteiger partial charge in [-0.25, -0.2) is 5.43 Å². The van der Waals surface area contributed by atoms with E-state index in [1.807, 2.05) is 48.5 Å². The Labute approximate surface area is 144 Å². The van der Waals surface area contributed by atoms with Crippen LogP contribution in [0.25, 0.3) is 0 Å². The van der Waals surface area contributed by atoms with Crippen molar-refractivity contribution in [1.82, 2.24) is 5.43 Å². The molecular formula is C17H17ClN2O2S. The van der Waals surface area contributed by atoms with Crippen molar-refractivity contribution in [3.63, 3.8) is 0 Å². The third-order valence-electron chi connectivity index (χ3n) is 2.95. The molecule has 120 valence electrons. The van der Waals surface area contributed by atoms with Gasteiger partial charge in [0, 0.05) is 16.3 Å². The standard InChI is InChI=1S/C17H17ClN2O2S/c1-22-16-5-3-2-4-14(16)10-19-20-17(21)12-23-11-13-6-8-15(18)9-7-13/h2-10H,11-12H2,1H3,(H,20,21). The Morgan fingerprint density at radius 3 is 2.74 bits per heavy atom. The molecule has 0 heterocycles. The molecule has 0 spiro atoms. The molecule has 0 atom stereocenters. The number of halogens is 1. The first kappa shape index (κ1) is 17.4. The van der Waals surface area contributed by atoms with Gasteiger partial charge < -0.3 is 4.74 Å². The van der Waals surface area contributed by atoms with Crippen LogP contribution in [-0.4, -0.2) is 25.0 Å². The second kappa shape index (κ2) is 9.22. The number of carbonyl (C=O) groups excluding carboxylic acids is 1. The van der Waals surface area contributed by atoms with E-state index in [1.54, 1.807) is 13.3 Å². The molecule has 0 fully saturated rings. The largest absolute Gasteiger partial charge is 0.496 e. The van der Waals surface area contributed by atoms with E-state index >= 15 is 0 Å². The summed E-state index contributed by atoms with van der Waals surface area (Å²) in [6.07, 6.45) is 1.57. The van der Waals surface area contributed by atoms with Crippen molar-refractivity contribution < 1.29 is 9.53 Å². The van der Waals surface area contributed by atoms with Crippen LogP contribution in [0, 0.1) is 0 Å². The van der Waals surface area contributed by atoms with Crippen LogP contribution >= 0.6 is 23.4 Å². The average molecular weight is 349 g/mol. The number of rotatable bonds is 7. The molecule has 0 aliphatic rings. The number of hydrogen-bond donors (Lipinski definition) is 1. The summed E-state index contributed by atoms with van der Waals surface area (Å²) < 4.78 is 5.21. The predicted octanol–water partition coefficient (Wildman–Crippen LogP) is 3.73. The van der Waals surface area contributed by atoms with Gasteiger partial charge in [0.25, 0.3) is 0 Å². The molecular weight excluding hydrogens is 332 g/mol. The molecule has 0 saturated carbocycles. The molecule has 0 aromatic heterocycles. The maximum Gasteiger partial charge on any atom is 0.250 e.